The molecule has 104 valence electrons. The zero-order valence-corrected chi connectivity index (χ0v) is 13.6. The van der Waals surface area contributed by atoms with Crippen molar-refractivity contribution in [2.45, 2.75) is 32.2 Å². The number of thiocarbonyl (C=S) groups is 1. The fourth-order valence-corrected chi connectivity index (χ4v) is 3.18. The van der Waals surface area contributed by atoms with Gasteiger partial charge in [-0.3, -0.25) is 0 Å². The average Bonchev–Trinajstić information content (AvgIpc) is 2.36. The lowest BCUT2D eigenvalue weighted by molar-refractivity contribution is 0.262. The molecule has 6 heteroatoms. The number of benzene rings is 1. The van der Waals surface area contributed by atoms with Crippen LogP contribution in [0.25, 0.3) is 0 Å². The van der Waals surface area contributed by atoms with Gasteiger partial charge in [-0.25, -0.2) is 0 Å². The number of piperidine rings is 1. The third-order valence-corrected chi connectivity index (χ3v) is 4.69. The van der Waals surface area contributed by atoms with Gasteiger partial charge in [0.1, 0.15) is 0 Å². The van der Waals surface area contributed by atoms with Crippen molar-refractivity contribution in [3.8, 4) is 0 Å². The molecule has 0 radical (unpaired) electrons. The van der Waals surface area contributed by atoms with Gasteiger partial charge in [-0.1, -0.05) is 34.8 Å². The minimum Gasteiger partial charge on any atom is -0.346 e. The first kappa shape index (κ1) is 15.2. The normalized spacial score (nSPS) is 19.4. The van der Waals surface area contributed by atoms with Crippen LogP contribution in [0.3, 0.4) is 0 Å². The van der Waals surface area contributed by atoms with Crippen molar-refractivity contribution in [2.75, 3.05) is 11.9 Å². The molecule has 1 aromatic rings. The van der Waals surface area contributed by atoms with E-state index in [1.165, 1.54) is 12.8 Å². The Kier molecular flexibility index (Phi) is 5.18. The Morgan fingerprint density at radius 3 is 2.58 bits per heavy atom. The van der Waals surface area contributed by atoms with Crippen LogP contribution in [-0.4, -0.2) is 22.6 Å². The van der Waals surface area contributed by atoms with Gasteiger partial charge in [0.25, 0.3) is 0 Å². The fourth-order valence-electron chi connectivity index (χ4n) is 2.21. The van der Waals surface area contributed by atoms with Crippen LogP contribution >= 0.6 is 47.0 Å². The van der Waals surface area contributed by atoms with E-state index in [4.69, 9.17) is 47.0 Å². The highest BCUT2D eigenvalue weighted by Gasteiger charge is 2.21. The van der Waals surface area contributed by atoms with Gasteiger partial charge in [-0.2, -0.15) is 0 Å². The van der Waals surface area contributed by atoms with Gasteiger partial charge < -0.3 is 10.2 Å². The van der Waals surface area contributed by atoms with Crippen LogP contribution in [0.1, 0.15) is 26.2 Å². The minimum absolute atomic E-state index is 0.439. The van der Waals surface area contributed by atoms with Crippen molar-refractivity contribution in [3.05, 3.63) is 27.2 Å². The molecule has 2 rings (SSSR count). The molecule has 1 atom stereocenters. The summed E-state index contributed by atoms with van der Waals surface area (Å²) in [5, 5.41) is 5.26. The molecule has 1 aromatic carbocycles. The molecule has 1 N–H and O–H groups in total. The number of rotatable bonds is 1. The van der Waals surface area contributed by atoms with E-state index in [2.05, 4.69) is 17.1 Å². The Morgan fingerprint density at radius 1 is 1.21 bits per heavy atom. The van der Waals surface area contributed by atoms with Crippen molar-refractivity contribution < 1.29 is 0 Å². The van der Waals surface area contributed by atoms with Crippen LogP contribution in [0.15, 0.2) is 12.1 Å². The number of halogens is 3. The predicted molar refractivity (Wildman–Crippen MR) is 87.7 cm³/mol. The van der Waals surface area contributed by atoms with Gasteiger partial charge in [0.05, 0.1) is 20.8 Å². The Labute approximate surface area is 134 Å². The second-order valence-corrected chi connectivity index (χ2v) is 6.32. The SMILES string of the molecule is CC1CCCCN1C(=S)Nc1cc(Cl)c(Cl)cc1Cl. The maximum absolute atomic E-state index is 6.14. The second-order valence-electron chi connectivity index (χ2n) is 4.71. The molecule has 19 heavy (non-hydrogen) atoms. The summed E-state index contributed by atoms with van der Waals surface area (Å²) in [5.74, 6) is 0. The summed E-state index contributed by atoms with van der Waals surface area (Å²) in [6.45, 7) is 3.16. The third-order valence-electron chi connectivity index (χ3n) is 3.32. The predicted octanol–water partition coefficient (Wildman–Crippen LogP) is 5.22. The van der Waals surface area contributed by atoms with Gasteiger partial charge in [-0.15, -0.1) is 0 Å². The average molecular weight is 338 g/mol. The number of hydrogen-bond donors (Lipinski definition) is 1. The fraction of sp³-hybridized carbons (Fsp3) is 0.462. The highest BCUT2D eigenvalue weighted by atomic mass is 35.5. The molecular formula is C13H15Cl3N2S. The molecule has 1 saturated heterocycles. The first-order valence-corrected chi connectivity index (χ1v) is 7.75. The summed E-state index contributed by atoms with van der Waals surface area (Å²) < 4.78 is 0. The molecule has 0 aromatic heterocycles. The molecular weight excluding hydrogens is 323 g/mol. The number of hydrogen-bond acceptors (Lipinski definition) is 1. The van der Waals surface area contributed by atoms with E-state index in [-0.39, 0.29) is 0 Å². The van der Waals surface area contributed by atoms with Gasteiger partial charge in [0.2, 0.25) is 0 Å². The molecule has 1 aliphatic heterocycles. The van der Waals surface area contributed by atoms with E-state index in [0.29, 0.717) is 31.9 Å². The quantitative estimate of drug-likeness (QED) is 0.559. The van der Waals surface area contributed by atoms with Crippen LogP contribution in [0.2, 0.25) is 15.1 Å². The standard InChI is InChI=1S/C13H15Cl3N2S/c1-8-4-2-3-5-18(8)13(19)17-12-7-10(15)9(14)6-11(12)16/h6-8H,2-5H2,1H3,(H,17,19). The molecule has 1 aliphatic rings. The molecule has 0 amide bonds. The summed E-state index contributed by atoms with van der Waals surface area (Å²) in [6.07, 6.45) is 3.59. The maximum Gasteiger partial charge on any atom is 0.173 e. The summed E-state index contributed by atoms with van der Waals surface area (Å²) in [7, 11) is 0. The van der Waals surface area contributed by atoms with Crippen molar-refractivity contribution in [1.82, 2.24) is 4.90 Å². The molecule has 1 fully saturated rings. The molecule has 0 spiro atoms. The van der Waals surface area contributed by atoms with Gasteiger partial charge >= 0.3 is 0 Å². The molecule has 0 saturated carbocycles. The van der Waals surface area contributed by atoms with E-state index in [1.54, 1.807) is 12.1 Å². The molecule has 1 unspecified atom stereocenters. The van der Waals surface area contributed by atoms with Gasteiger partial charge in [0, 0.05) is 12.6 Å². The smallest absolute Gasteiger partial charge is 0.173 e. The van der Waals surface area contributed by atoms with Gasteiger partial charge in [-0.05, 0) is 50.5 Å². The summed E-state index contributed by atoms with van der Waals surface area (Å²) in [4.78, 5) is 2.19. The summed E-state index contributed by atoms with van der Waals surface area (Å²) in [5.41, 5.74) is 0.693. The Hall–Kier alpha value is -0.220. The number of anilines is 1. The van der Waals surface area contributed by atoms with Crippen LogP contribution in [0.5, 0.6) is 0 Å². The topological polar surface area (TPSA) is 15.3 Å². The van der Waals surface area contributed by atoms with Crippen molar-refractivity contribution in [2.24, 2.45) is 0 Å². The third kappa shape index (κ3) is 3.66. The van der Waals surface area contributed by atoms with Crippen LogP contribution in [0, 0.1) is 0 Å². The molecule has 1 heterocycles. The lowest BCUT2D eigenvalue weighted by Gasteiger charge is -2.35. The lowest BCUT2D eigenvalue weighted by Crippen LogP contribution is -2.44. The highest BCUT2D eigenvalue weighted by molar-refractivity contribution is 7.80. The first-order chi connectivity index (χ1) is 8.99. The molecule has 2 nitrogen and oxygen atoms in total. The van der Waals surface area contributed by atoms with E-state index in [1.807, 2.05) is 0 Å². The van der Waals surface area contributed by atoms with Crippen LogP contribution in [0.4, 0.5) is 5.69 Å². The van der Waals surface area contributed by atoms with E-state index >= 15 is 0 Å². The first-order valence-electron chi connectivity index (χ1n) is 6.21. The van der Waals surface area contributed by atoms with Crippen LogP contribution in [-0.2, 0) is 0 Å². The zero-order chi connectivity index (χ0) is 14.0. The van der Waals surface area contributed by atoms with Crippen LogP contribution < -0.4 is 5.32 Å². The van der Waals surface area contributed by atoms with Crippen molar-refractivity contribution in [1.29, 1.82) is 0 Å². The molecule has 0 aliphatic carbocycles. The minimum atomic E-state index is 0.439. The Morgan fingerprint density at radius 2 is 1.89 bits per heavy atom. The highest BCUT2D eigenvalue weighted by Crippen LogP contribution is 2.32. The largest absolute Gasteiger partial charge is 0.346 e. The number of nitrogens with zero attached hydrogens (tertiary/aromatic N) is 1. The monoisotopic (exact) mass is 336 g/mol. The van der Waals surface area contributed by atoms with E-state index < -0.39 is 0 Å². The lowest BCUT2D eigenvalue weighted by atomic mass is 10.0. The molecule has 0 bridgehead atoms. The van der Waals surface area contributed by atoms with Crippen molar-refractivity contribution in [3.63, 3.8) is 0 Å². The van der Waals surface area contributed by atoms with Gasteiger partial charge in [0.15, 0.2) is 5.11 Å². The zero-order valence-electron chi connectivity index (χ0n) is 10.5. The van der Waals surface area contributed by atoms with E-state index in [0.717, 1.165) is 13.0 Å². The second kappa shape index (κ2) is 6.49. The Balaban J connectivity index is 2.12. The number of likely N-dealkylation sites (tertiary alicyclic amines) is 1. The maximum atomic E-state index is 6.14. The summed E-state index contributed by atoms with van der Waals surface area (Å²) >= 11 is 23.5. The summed E-state index contributed by atoms with van der Waals surface area (Å²) in [6, 6.07) is 3.78. The van der Waals surface area contributed by atoms with E-state index in [9.17, 15) is 0 Å². The van der Waals surface area contributed by atoms with Crippen molar-refractivity contribution >= 4 is 57.8 Å². The Bertz CT molecular complexity index is 493. The number of nitrogens with one attached hydrogen (secondary N) is 1.